The second-order valence-corrected chi connectivity index (χ2v) is 4.77. The predicted octanol–water partition coefficient (Wildman–Crippen LogP) is 4.80. The fourth-order valence-electron chi connectivity index (χ4n) is 1.46. The van der Waals surface area contributed by atoms with Crippen LogP contribution < -0.4 is 0 Å². The Hall–Kier alpha value is -2.43. The molecule has 0 bridgehead atoms. The molecule has 0 saturated carbocycles. The second kappa shape index (κ2) is 31.8. The lowest BCUT2D eigenvalue weighted by Gasteiger charge is -2.21. The molecule has 33 heavy (non-hydrogen) atoms. The molecular weight excluding hydrogens is 431 g/mol. The Bertz CT molecular complexity index is 482. The van der Waals surface area contributed by atoms with Crippen molar-refractivity contribution in [1.29, 1.82) is 0 Å². The first-order valence-corrected chi connectivity index (χ1v) is 8.23. The predicted molar refractivity (Wildman–Crippen MR) is 137 cm³/mol. The summed E-state index contributed by atoms with van der Waals surface area (Å²) in [6.45, 7) is 11.5. The first kappa shape index (κ1) is 48.1. The molecular formula is C23H49BO9. The van der Waals surface area contributed by atoms with Gasteiger partial charge >= 0.3 is 25.2 Å². The summed E-state index contributed by atoms with van der Waals surface area (Å²) in [5.41, 5.74) is 0. The number of carbonyl (C=O) groups is 3. The number of ether oxygens (including phenoxy) is 3. The molecule has 0 aromatic carbocycles. The van der Waals surface area contributed by atoms with Crippen LogP contribution in [0.2, 0.25) is 0 Å². The van der Waals surface area contributed by atoms with Gasteiger partial charge in [0.15, 0.2) is 0 Å². The highest BCUT2D eigenvalue weighted by molar-refractivity contribution is 6.36. The summed E-state index contributed by atoms with van der Waals surface area (Å²) in [7, 11) is -1.15. The zero-order chi connectivity index (χ0) is 20.5. The third-order valence-corrected chi connectivity index (χ3v) is 2.83. The molecule has 0 heterocycles. The van der Waals surface area contributed by atoms with Crippen LogP contribution in [0.4, 0.5) is 0 Å². The summed E-state index contributed by atoms with van der Waals surface area (Å²) in [6.07, 6.45) is 3.09. The Morgan fingerprint density at radius 2 is 1.06 bits per heavy atom. The molecule has 0 aliphatic heterocycles. The zero-order valence-electron chi connectivity index (χ0n) is 15.4. The fourth-order valence-corrected chi connectivity index (χ4v) is 1.46. The summed E-state index contributed by atoms with van der Waals surface area (Å²) in [5.74, 6) is -1.75. The molecule has 0 aromatic rings. The van der Waals surface area contributed by atoms with Gasteiger partial charge in [-0.2, -0.15) is 0 Å². The molecule has 0 amide bonds. The first-order valence-electron chi connectivity index (χ1n) is 8.23. The van der Waals surface area contributed by atoms with Gasteiger partial charge in [0.05, 0.1) is 19.3 Å². The van der Waals surface area contributed by atoms with Gasteiger partial charge in [0.25, 0.3) is 0 Å². The van der Waals surface area contributed by atoms with Gasteiger partial charge in [-0.25, -0.2) is 14.4 Å². The van der Waals surface area contributed by atoms with E-state index in [1.165, 1.54) is 0 Å². The van der Waals surface area contributed by atoms with Crippen molar-refractivity contribution >= 4 is 25.2 Å². The van der Waals surface area contributed by atoms with Crippen LogP contribution in [0.1, 0.15) is 57.9 Å². The molecule has 1 unspecified atom stereocenters. The average molecular weight is 480 g/mol. The molecule has 0 spiro atoms. The van der Waals surface area contributed by atoms with E-state index in [1.54, 1.807) is 0 Å². The largest absolute Gasteiger partial charge is 0.639 e. The molecule has 0 radical (unpaired) electrons. The van der Waals surface area contributed by atoms with E-state index in [-0.39, 0.29) is 77.6 Å². The summed E-state index contributed by atoms with van der Waals surface area (Å²) >= 11 is 0. The lowest BCUT2D eigenvalue weighted by molar-refractivity contribution is -0.140. The normalized spacial score (nSPS) is 9.00. The van der Waals surface area contributed by atoms with Gasteiger partial charge in [-0.05, 0) is 6.42 Å². The molecule has 0 aromatic heterocycles. The van der Waals surface area contributed by atoms with E-state index in [0.29, 0.717) is 6.42 Å². The molecule has 9 nitrogen and oxygen atoms in total. The van der Waals surface area contributed by atoms with E-state index < -0.39 is 31.3 Å². The van der Waals surface area contributed by atoms with Crippen molar-refractivity contribution in [2.45, 2.75) is 64.0 Å². The topological polar surface area (TPSA) is 107 Å². The van der Waals surface area contributed by atoms with E-state index >= 15 is 0 Å². The SMILES string of the molecule is C.C.C.C.C.C.C=CC(=O)OCCOB(OCCOC(=O)C=C)OC(CC)COC(=O)C=C. The van der Waals surface area contributed by atoms with E-state index in [0.717, 1.165) is 18.2 Å². The molecule has 0 fully saturated rings. The van der Waals surface area contributed by atoms with Gasteiger partial charge < -0.3 is 28.2 Å². The molecule has 0 saturated heterocycles. The van der Waals surface area contributed by atoms with Crippen LogP contribution in [0.15, 0.2) is 38.0 Å². The molecule has 0 aliphatic carbocycles. The molecule has 198 valence electrons. The Balaban J connectivity index is -0.000000225. The maximum Gasteiger partial charge on any atom is 0.639 e. The number of rotatable bonds is 16. The maximum absolute atomic E-state index is 11.2. The molecule has 1 atom stereocenters. The van der Waals surface area contributed by atoms with Crippen molar-refractivity contribution in [3.8, 4) is 0 Å². The number of hydrogen-bond donors (Lipinski definition) is 0. The second-order valence-electron chi connectivity index (χ2n) is 4.77. The van der Waals surface area contributed by atoms with Crippen LogP contribution in [-0.2, 0) is 42.6 Å². The Kier molecular flexibility index (Phi) is 46.3. The Morgan fingerprint density at radius 3 is 1.39 bits per heavy atom. The van der Waals surface area contributed by atoms with Gasteiger partial charge in [0.1, 0.15) is 19.8 Å². The highest BCUT2D eigenvalue weighted by atomic mass is 16.7. The van der Waals surface area contributed by atoms with Gasteiger partial charge in [0.2, 0.25) is 0 Å². The van der Waals surface area contributed by atoms with Crippen molar-refractivity contribution in [2.24, 2.45) is 0 Å². The van der Waals surface area contributed by atoms with Gasteiger partial charge in [-0.1, -0.05) is 71.2 Å². The Morgan fingerprint density at radius 1 is 0.697 bits per heavy atom. The van der Waals surface area contributed by atoms with E-state index in [9.17, 15) is 14.4 Å². The summed E-state index contributed by atoms with van der Waals surface area (Å²) in [6, 6.07) is 0. The number of carbonyl (C=O) groups excluding carboxylic acids is 3. The van der Waals surface area contributed by atoms with Crippen molar-refractivity contribution in [2.75, 3.05) is 33.0 Å². The minimum Gasteiger partial charge on any atom is -0.460 e. The van der Waals surface area contributed by atoms with Crippen molar-refractivity contribution < 1.29 is 42.6 Å². The zero-order valence-corrected chi connectivity index (χ0v) is 15.4. The number of hydrogen-bond acceptors (Lipinski definition) is 9. The van der Waals surface area contributed by atoms with E-state index in [2.05, 4.69) is 19.7 Å². The highest BCUT2D eigenvalue weighted by Crippen LogP contribution is 2.05. The van der Waals surface area contributed by atoms with E-state index in [1.807, 2.05) is 6.92 Å². The lowest BCUT2D eigenvalue weighted by Crippen LogP contribution is -2.36. The standard InChI is InChI=1S/C17H25BO9.6CH4/c1-5-14(13-24-17(21)8-4)27-18(25-11-9-22-15(19)6-2)26-12-10-23-16(20)7-3;;;;;;/h6-8,14H,2-5,9-13H2,1H3;6*1H4. The van der Waals surface area contributed by atoms with Crippen LogP contribution in [-0.4, -0.2) is 64.4 Å². The average Bonchev–Trinajstić information content (AvgIpc) is 2.69. The van der Waals surface area contributed by atoms with Crippen LogP contribution >= 0.6 is 0 Å². The Labute approximate surface area is 203 Å². The minimum atomic E-state index is -1.15. The monoisotopic (exact) mass is 480 g/mol. The minimum absolute atomic E-state index is 0. The fraction of sp³-hybridized carbons (Fsp3) is 0.609. The lowest BCUT2D eigenvalue weighted by atomic mass is 10.2. The first-order chi connectivity index (χ1) is 13.0. The van der Waals surface area contributed by atoms with E-state index in [4.69, 9.17) is 28.2 Å². The van der Waals surface area contributed by atoms with Crippen molar-refractivity contribution in [3.05, 3.63) is 38.0 Å². The van der Waals surface area contributed by atoms with Crippen LogP contribution in [0.3, 0.4) is 0 Å². The third kappa shape index (κ3) is 27.5. The number of esters is 3. The van der Waals surface area contributed by atoms with Crippen LogP contribution in [0, 0.1) is 0 Å². The van der Waals surface area contributed by atoms with Gasteiger partial charge in [-0.15, -0.1) is 0 Å². The maximum atomic E-state index is 11.2. The van der Waals surface area contributed by atoms with Crippen molar-refractivity contribution in [3.63, 3.8) is 0 Å². The van der Waals surface area contributed by atoms with Crippen LogP contribution in [0.25, 0.3) is 0 Å². The molecule has 10 heteroatoms. The highest BCUT2D eigenvalue weighted by Gasteiger charge is 2.26. The molecule has 0 aliphatic rings. The molecule has 0 N–H and O–H groups in total. The van der Waals surface area contributed by atoms with Gasteiger partial charge in [0, 0.05) is 18.2 Å². The summed E-state index contributed by atoms with van der Waals surface area (Å²) in [4.78, 5) is 33.1. The molecule has 0 rings (SSSR count). The van der Waals surface area contributed by atoms with Gasteiger partial charge in [-0.3, -0.25) is 0 Å². The smallest absolute Gasteiger partial charge is 0.460 e. The summed E-state index contributed by atoms with van der Waals surface area (Å²) in [5, 5.41) is 0. The third-order valence-electron chi connectivity index (χ3n) is 2.83. The van der Waals surface area contributed by atoms with Crippen molar-refractivity contribution in [1.82, 2.24) is 0 Å². The quantitative estimate of drug-likeness (QED) is 0.101. The summed E-state index contributed by atoms with van der Waals surface area (Å²) < 4.78 is 30.8. The van der Waals surface area contributed by atoms with Crippen LogP contribution in [0.5, 0.6) is 0 Å².